The molecule has 4 nitrogen and oxygen atoms in total. The van der Waals surface area contributed by atoms with E-state index in [1.54, 1.807) is 18.2 Å². The number of thiophene rings is 1. The van der Waals surface area contributed by atoms with Gasteiger partial charge in [0.25, 0.3) is 5.91 Å². The first-order valence-corrected chi connectivity index (χ1v) is 9.96. The lowest BCUT2D eigenvalue weighted by atomic mass is 10.1. The van der Waals surface area contributed by atoms with E-state index in [0.29, 0.717) is 10.4 Å². The number of aryl methyl sites for hydroxylation is 1. The molecule has 0 saturated carbocycles. The predicted octanol–water partition coefficient (Wildman–Crippen LogP) is 4.71. The standard InChI is InChI=1S/C20H17IN2O2S/c1-13-7-9-14(10-8-13)18(24)19(22-16-5-2-4-15(21)12-16)23-20(25)17-6-3-11-26-17/h2-12,19,22H,1H3,(H,23,25)/t19-/m0/s1. The molecule has 6 heteroatoms. The summed E-state index contributed by atoms with van der Waals surface area (Å²) in [4.78, 5) is 26.0. The molecule has 1 atom stereocenters. The van der Waals surface area contributed by atoms with Crippen molar-refractivity contribution >= 4 is 51.3 Å². The first-order valence-electron chi connectivity index (χ1n) is 8.00. The van der Waals surface area contributed by atoms with Crippen LogP contribution in [-0.4, -0.2) is 17.9 Å². The normalized spacial score (nSPS) is 11.6. The third-order valence-electron chi connectivity index (χ3n) is 3.75. The summed E-state index contributed by atoms with van der Waals surface area (Å²) in [6, 6.07) is 18.5. The summed E-state index contributed by atoms with van der Waals surface area (Å²) in [6.45, 7) is 1.97. The molecule has 0 aliphatic carbocycles. The van der Waals surface area contributed by atoms with E-state index in [9.17, 15) is 9.59 Å². The van der Waals surface area contributed by atoms with Crippen molar-refractivity contribution < 1.29 is 9.59 Å². The third kappa shape index (κ3) is 4.70. The maximum atomic E-state index is 13.0. The van der Waals surface area contributed by atoms with E-state index in [0.717, 1.165) is 14.8 Å². The summed E-state index contributed by atoms with van der Waals surface area (Å²) in [6.07, 6.45) is -0.856. The summed E-state index contributed by atoms with van der Waals surface area (Å²) in [5, 5.41) is 7.78. The molecular formula is C20H17IN2O2S. The Morgan fingerprint density at radius 3 is 2.46 bits per heavy atom. The fraction of sp³-hybridized carbons (Fsp3) is 0.100. The summed E-state index contributed by atoms with van der Waals surface area (Å²) in [5.74, 6) is -0.461. The molecule has 2 N–H and O–H groups in total. The zero-order chi connectivity index (χ0) is 18.5. The van der Waals surface area contributed by atoms with Crippen LogP contribution in [0.2, 0.25) is 0 Å². The van der Waals surface area contributed by atoms with Gasteiger partial charge in [-0.3, -0.25) is 9.59 Å². The van der Waals surface area contributed by atoms with E-state index in [4.69, 9.17) is 0 Å². The third-order valence-corrected chi connectivity index (χ3v) is 5.29. The lowest BCUT2D eigenvalue weighted by molar-refractivity contribution is 0.0872. The lowest BCUT2D eigenvalue weighted by Crippen LogP contribution is -2.46. The quantitative estimate of drug-likeness (QED) is 0.308. The van der Waals surface area contributed by atoms with E-state index in [-0.39, 0.29) is 11.7 Å². The molecule has 0 radical (unpaired) electrons. The number of anilines is 1. The van der Waals surface area contributed by atoms with Crippen molar-refractivity contribution in [3.63, 3.8) is 0 Å². The summed E-state index contributed by atoms with van der Waals surface area (Å²) in [7, 11) is 0. The van der Waals surface area contributed by atoms with Crippen molar-refractivity contribution in [2.45, 2.75) is 13.1 Å². The van der Waals surface area contributed by atoms with Gasteiger partial charge < -0.3 is 10.6 Å². The highest BCUT2D eigenvalue weighted by Gasteiger charge is 2.23. The average molecular weight is 476 g/mol. The van der Waals surface area contributed by atoms with Crippen LogP contribution in [0.5, 0.6) is 0 Å². The van der Waals surface area contributed by atoms with Crippen LogP contribution in [0.25, 0.3) is 0 Å². The Morgan fingerprint density at radius 1 is 1.04 bits per heavy atom. The average Bonchev–Trinajstić information content (AvgIpc) is 3.16. The molecule has 0 bridgehead atoms. The predicted molar refractivity (Wildman–Crippen MR) is 114 cm³/mol. The first kappa shape index (κ1) is 18.6. The van der Waals surface area contributed by atoms with Crippen molar-refractivity contribution in [3.05, 3.63) is 85.6 Å². The van der Waals surface area contributed by atoms with Gasteiger partial charge in [-0.25, -0.2) is 0 Å². The highest BCUT2D eigenvalue weighted by atomic mass is 127. The molecule has 0 fully saturated rings. The van der Waals surface area contributed by atoms with E-state index in [2.05, 4.69) is 33.2 Å². The van der Waals surface area contributed by atoms with Crippen molar-refractivity contribution in [1.29, 1.82) is 0 Å². The zero-order valence-electron chi connectivity index (χ0n) is 14.0. The van der Waals surface area contributed by atoms with Crippen molar-refractivity contribution in [2.75, 3.05) is 5.32 Å². The number of halogens is 1. The largest absolute Gasteiger partial charge is 0.359 e. The highest BCUT2D eigenvalue weighted by molar-refractivity contribution is 14.1. The molecule has 0 spiro atoms. The van der Waals surface area contributed by atoms with Gasteiger partial charge in [-0.1, -0.05) is 42.0 Å². The maximum absolute atomic E-state index is 13.0. The molecule has 1 amide bonds. The number of Topliss-reactive ketones (excluding diaryl/α,β-unsaturated/α-hetero) is 1. The number of benzene rings is 2. The van der Waals surface area contributed by atoms with Crippen LogP contribution in [0.3, 0.4) is 0 Å². The Bertz CT molecular complexity index is 908. The SMILES string of the molecule is Cc1ccc(C(=O)[C@H](NC(=O)c2cccs2)Nc2cccc(I)c2)cc1. The number of rotatable bonds is 6. The maximum Gasteiger partial charge on any atom is 0.263 e. The molecule has 0 aliphatic rings. The Kier molecular flexibility index (Phi) is 6.05. The van der Waals surface area contributed by atoms with Gasteiger partial charge in [0.05, 0.1) is 4.88 Å². The smallest absolute Gasteiger partial charge is 0.263 e. The molecule has 3 rings (SSSR count). The zero-order valence-corrected chi connectivity index (χ0v) is 17.0. The molecule has 0 aliphatic heterocycles. The van der Waals surface area contributed by atoms with Gasteiger partial charge in [0.2, 0.25) is 5.78 Å². The summed E-state index contributed by atoms with van der Waals surface area (Å²) in [5.41, 5.74) is 2.39. The van der Waals surface area contributed by atoms with Crippen LogP contribution in [-0.2, 0) is 0 Å². The number of hydrogen-bond acceptors (Lipinski definition) is 4. The molecule has 2 aromatic carbocycles. The van der Waals surface area contributed by atoms with Gasteiger partial charge >= 0.3 is 0 Å². The fourth-order valence-electron chi connectivity index (χ4n) is 2.41. The number of carbonyl (C=O) groups is 2. The van der Waals surface area contributed by atoms with E-state index in [1.165, 1.54) is 11.3 Å². The Labute approximate surface area is 169 Å². The molecule has 1 heterocycles. The second-order valence-corrected chi connectivity index (χ2v) is 7.96. The molecule has 0 saturated heterocycles. The fourth-order valence-corrected chi connectivity index (χ4v) is 3.58. The minimum atomic E-state index is -0.856. The molecule has 1 aromatic heterocycles. The van der Waals surface area contributed by atoms with Crippen LogP contribution >= 0.6 is 33.9 Å². The van der Waals surface area contributed by atoms with E-state index in [1.807, 2.05) is 54.8 Å². The molecule has 26 heavy (non-hydrogen) atoms. The van der Waals surface area contributed by atoms with Crippen LogP contribution in [0.4, 0.5) is 5.69 Å². The van der Waals surface area contributed by atoms with Crippen molar-refractivity contribution in [1.82, 2.24) is 5.32 Å². The number of carbonyl (C=O) groups excluding carboxylic acids is 2. The molecular weight excluding hydrogens is 459 g/mol. The number of hydrogen-bond donors (Lipinski definition) is 2. The van der Waals surface area contributed by atoms with Crippen LogP contribution in [0.15, 0.2) is 66.0 Å². The molecule has 3 aromatic rings. The van der Waals surface area contributed by atoms with Gasteiger partial charge in [-0.2, -0.15) is 0 Å². The van der Waals surface area contributed by atoms with Gasteiger partial charge in [0, 0.05) is 14.8 Å². The summed E-state index contributed by atoms with van der Waals surface area (Å²) >= 11 is 3.55. The highest BCUT2D eigenvalue weighted by Crippen LogP contribution is 2.16. The van der Waals surface area contributed by atoms with E-state index >= 15 is 0 Å². The van der Waals surface area contributed by atoms with Gasteiger partial charge in [-0.05, 0) is 59.2 Å². The minimum absolute atomic E-state index is 0.186. The van der Waals surface area contributed by atoms with Gasteiger partial charge in [0.1, 0.15) is 0 Å². The van der Waals surface area contributed by atoms with Crippen LogP contribution < -0.4 is 10.6 Å². The van der Waals surface area contributed by atoms with Crippen molar-refractivity contribution in [3.8, 4) is 0 Å². The van der Waals surface area contributed by atoms with Gasteiger partial charge in [-0.15, -0.1) is 11.3 Å². The minimum Gasteiger partial charge on any atom is -0.359 e. The van der Waals surface area contributed by atoms with Gasteiger partial charge in [0.15, 0.2) is 6.17 Å². The molecule has 132 valence electrons. The van der Waals surface area contributed by atoms with E-state index < -0.39 is 6.17 Å². The molecule has 0 unspecified atom stereocenters. The number of amides is 1. The Balaban J connectivity index is 1.86. The van der Waals surface area contributed by atoms with Crippen LogP contribution in [0, 0.1) is 10.5 Å². The Morgan fingerprint density at radius 2 is 1.81 bits per heavy atom. The monoisotopic (exact) mass is 476 g/mol. The van der Waals surface area contributed by atoms with Crippen LogP contribution in [0.1, 0.15) is 25.6 Å². The second-order valence-electron chi connectivity index (χ2n) is 5.77. The number of ketones is 1. The Hall–Kier alpha value is -2.19. The summed E-state index contributed by atoms with van der Waals surface area (Å²) < 4.78 is 1.04. The topological polar surface area (TPSA) is 58.2 Å². The lowest BCUT2D eigenvalue weighted by Gasteiger charge is -2.20. The number of nitrogens with one attached hydrogen (secondary N) is 2. The second kappa shape index (κ2) is 8.46. The first-order chi connectivity index (χ1) is 12.5. The van der Waals surface area contributed by atoms with Crippen molar-refractivity contribution in [2.24, 2.45) is 0 Å².